The van der Waals surface area contributed by atoms with Gasteiger partial charge in [0.05, 0.1) is 16.7 Å². The number of anilines is 1. The summed E-state index contributed by atoms with van der Waals surface area (Å²) in [6.45, 7) is 2.66. The van der Waals surface area contributed by atoms with Crippen molar-refractivity contribution in [1.82, 2.24) is 0 Å². The topological polar surface area (TPSA) is 38.3 Å². The average Bonchev–Trinajstić information content (AvgIpc) is 2.55. The summed E-state index contributed by atoms with van der Waals surface area (Å²) in [6.07, 6.45) is 3.12. The van der Waals surface area contributed by atoms with Gasteiger partial charge in [-0.3, -0.25) is 4.79 Å². The van der Waals surface area contributed by atoms with E-state index in [9.17, 15) is 4.79 Å². The van der Waals surface area contributed by atoms with Crippen LogP contribution in [0, 0.1) is 0 Å². The summed E-state index contributed by atoms with van der Waals surface area (Å²) in [4.78, 5) is 12.3. The number of ether oxygens (including phenoxy) is 1. The van der Waals surface area contributed by atoms with Crippen molar-refractivity contribution in [3.63, 3.8) is 0 Å². The van der Waals surface area contributed by atoms with E-state index in [1.165, 1.54) is 0 Å². The largest absolute Gasteiger partial charge is 0.490 e. The zero-order valence-electron chi connectivity index (χ0n) is 13.2. The summed E-state index contributed by atoms with van der Waals surface area (Å²) in [5.74, 6) is 0.108. The Bertz CT molecular complexity index is 679. The predicted octanol–water partition coefficient (Wildman–Crippen LogP) is 6.47. The Balaban J connectivity index is 2.07. The molecule has 0 spiro atoms. The lowest BCUT2D eigenvalue weighted by Gasteiger charge is -2.12. The molecule has 0 saturated carbocycles. The zero-order valence-corrected chi connectivity index (χ0v) is 15.5. The van der Waals surface area contributed by atoms with E-state index in [1.54, 1.807) is 36.4 Å². The lowest BCUT2D eigenvalue weighted by molar-refractivity contribution is 0.102. The molecule has 0 saturated heterocycles. The van der Waals surface area contributed by atoms with Crippen LogP contribution in [0.1, 0.15) is 36.5 Å². The molecule has 2 rings (SSSR count). The number of unbranched alkanes of at least 4 members (excludes halogenated alkanes) is 2. The second kappa shape index (κ2) is 9.16. The molecule has 1 amide bonds. The van der Waals surface area contributed by atoms with Gasteiger partial charge in [0, 0.05) is 16.3 Å². The minimum Gasteiger partial charge on any atom is -0.490 e. The van der Waals surface area contributed by atoms with E-state index in [4.69, 9.17) is 39.5 Å². The third-order valence-electron chi connectivity index (χ3n) is 3.36. The molecule has 0 aliphatic heterocycles. The van der Waals surface area contributed by atoms with Gasteiger partial charge in [-0.1, -0.05) is 54.6 Å². The first-order valence-corrected chi connectivity index (χ1v) is 8.83. The van der Waals surface area contributed by atoms with E-state index in [1.807, 2.05) is 0 Å². The fraction of sp³-hybridized carbons (Fsp3) is 0.278. The van der Waals surface area contributed by atoms with Crippen molar-refractivity contribution < 1.29 is 9.53 Å². The molecular weight excluding hydrogens is 369 g/mol. The predicted molar refractivity (Wildman–Crippen MR) is 101 cm³/mol. The summed E-state index contributed by atoms with van der Waals surface area (Å²) in [6, 6.07) is 9.93. The van der Waals surface area contributed by atoms with Crippen molar-refractivity contribution in [3.8, 4) is 5.75 Å². The number of carbonyl (C=O) groups is 1. The van der Waals surface area contributed by atoms with Crippen LogP contribution in [0.2, 0.25) is 15.1 Å². The zero-order chi connectivity index (χ0) is 17.5. The SMILES string of the molecule is CCCCCOc1c(Cl)cc(C(=O)Nc2ccc(Cl)cc2)cc1Cl. The summed E-state index contributed by atoms with van der Waals surface area (Å²) in [5, 5.41) is 4.00. The Hall–Kier alpha value is -1.42. The van der Waals surface area contributed by atoms with Crippen LogP contribution in [0.25, 0.3) is 0 Å². The molecule has 24 heavy (non-hydrogen) atoms. The Kier molecular flexibility index (Phi) is 7.22. The molecule has 0 radical (unpaired) electrons. The molecule has 2 aromatic rings. The van der Waals surface area contributed by atoms with Crippen LogP contribution in [0.4, 0.5) is 5.69 Å². The standard InChI is InChI=1S/C18H18Cl3NO2/c1-2-3-4-9-24-17-15(20)10-12(11-16(17)21)18(23)22-14-7-5-13(19)6-8-14/h5-8,10-11H,2-4,9H2,1H3,(H,22,23). The van der Waals surface area contributed by atoms with Crippen molar-refractivity contribution >= 4 is 46.4 Å². The van der Waals surface area contributed by atoms with Crippen LogP contribution in [0.5, 0.6) is 5.75 Å². The Labute approximate surface area is 156 Å². The summed E-state index contributed by atoms with van der Waals surface area (Å²) in [5.41, 5.74) is 0.998. The summed E-state index contributed by atoms with van der Waals surface area (Å²) < 4.78 is 5.63. The van der Waals surface area contributed by atoms with Crippen LogP contribution in [-0.2, 0) is 0 Å². The lowest BCUT2D eigenvalue weighted by atomic mass is 10.2. The average molecular weight is 387 g/mol. The maximum Gasteiger partial charge on any atom is 0.255 e. The van der Waals surface area contributed by atoms with E-state index in [2.05, 4.69) is 12.2 Å². The molecule has 0 heterocycles. The minimum absolute atomic E-state index is 0.307. The third kappa shape index (κ3) is 5.30. The maximum atomic E-state index is 12.3. The normalized spacial score (nSPS) is 10.5. The number of carbonyl (C=O) groups excluding carboxylic acids is 1. The number of benzene rings is 2. The quantitative estimate of drug-likeness (QED) is 0.554. The van der Waals surface area contributed by atoms with Crippen molar-refractivity contribution in [1.29, 1.82) is 0 Å². The number of rotatable bonds is 7. The fourth-order valence-electron chi connectivity index (χ4n) is 2.09. The van der Waals surface area contributed by atoms with Gasteiger partial charge in [-0.15, -0.1) is 0 Å². The Morgan fingerprint density at radius 2 is 1.67 bits per heavy atom. The molecule has 0 fully saturated rings. The van der Waals surface area contributed by atoms with Gasteiger partial charge in [0.2, 0.25) is 0 Å². The first-order chi connectivity index (χ1) is 11.5. The number of hydrogen-bond donors (Lipinski definition) is 1. The lowest BCUT2D eigenvalue weighted by Crippen LogP contribution is -2.12. The second-order valence-electron chi connectivity index (χ2n) is 5.29. The number of nitrogens with one attached hydrogen (secondary N) is 1. The van der Waals surface area contributed by atoms with Crippen molar-refractivity contribution in [2.75, 3.05) is 11.9 Å². The molecule has 0 aliphatic carbocycles. The van der Waals surface area contributed by atoms with Crippen molar-refractivity contribution in [3.05, 3.63) is 57.0 Å². The monoisotopic (exact) mass is 385 g/mol. The van der Waals surface area contributed by atoms with Gasteiger partial charge < -0.3 is 10.1 Å². The van der Waals surface area contributed by atoms with E-state index in [0.717, 1.165) is 19.3 Å². The number of halogens is 3. The van der Waals surface area contributed by atoms with Crippen molar-refractivity contribution in [2.24, 2.45) is 0 Å². The fourth-order valence-corrected chi connectivity index (χ4v) is 2.81. The molecular formula is C18H18Cl3NO2. The molecule has 0 aromatic heterocycles. The van der Waals surface area contributed by atoms with Crippen LogP contribution in [0.3, 0.4) is 0 Å². The highest BCUT2D eigenvalue weighted by atomic mass is 35.5. The molecule has 0 aliphatic rings. The van der Waals surface area contributed by atoms with Crippen LogP contribution in [0.15, 0.2) is 36.4 Å². The van der Waals surface area contributed by atoms with Gasteiger partial charge in [0.1, 0.15) is 0 Å². The molecule has 1 N–H and O–H groups in total. The second-order valence-corrected chi connectivity index (χ2v) is 6.54. The molecule has 0 unspecified atom stereocenters. The molecule has 6 heteroatoms. The van der Waals surface area contributed by atoms with Crippen LogP contribution >= 0.6 is 34.8 Å². The first kappa shape index (κ1) is 18.9. The van der Waals surface area contributed by atoms with Gasteiger partial charge >= 0.3 is 0 Å². The minimum atomic E-state index is -0.307. The molecule has 128 valence electrons. The smallest absolute Gasteiger partial charge is 0.255 e. The van der Waals surface area contributed by atoms with Gasteiger partial charge in [-0.2, -0.15) is 0 Å². The Morgan fingerprint density at radius 1 is 1.04 bits per heavy atom. The number of amides is 1. The van der Waals surface area contributed by atoms with Gasteiger partial charge in [0.15, 0.2) is 5.75 Å². The Morgan fingerprint density at radius 3 is 2.25 bits per heavy atom. The van der Waals surface area contributed by atoms with Gasteiger partial charge in [-0.05, 0) is 42.8 Å². The molecule has 2 aromatic carbocycles. The number of hydrogen-bond acceptors (Lipinski definition) is 2. The maximum absolute atomic E-state index is 12.3. The van der Waals surface area contributed by atoms with E-state index in [0.29, 0.717) is 38.7 Å². The van der Waals surface area contributed by atoms with Crippen LogP contribution in [-0.4, -0.2) is 12.5 Å². The summed E-state index contributed by atoms with van der Waals surface area (Å²) >= 11 is 18.2. The first-order valence-electron chi connectivity index (χ1n) is 7.70. The highest BCUT2D eigenvalue weighted by Gasteiger charge is 2.14. The molecule has 0 bridgehead atoms. The van der Waals surface area contributed by atoms with Gasteiger partial charge in [0.25, 0.3) is 5.91 Å². The van der Waals surface area contributed by atoms with E-state index >= 15 is 0 Å². The highest BCUT2D eigenvalue weighted by molar-refractivity contribution is 6.37. The molecule has 0 atom stereocenters. The van der Waals surface area contributed by atoms with E-state index < -0.39 is 0 Å². The summed E-state index contributed by atoms with van der Waals surface area (Å²) in [7, 11) is 0. The van der Waals surface area contributed by atoms with Gasteiger partial charge in [-0.25, -0.2) is 0 Å². The molecule has 3 nitrogen and oxygen atoms in total. The van der Waals surface area contributed by atoms with E-state index in [-0.39, 0.29) is 5.91 Å². The third-order valence-corrected chi connectivity index (χ3v) is 4.17. The highest BCUT2D eigenvalue weighted by Crippen LogP contribution is 2.34. The van der Waals surface area contributed by atoms with Crippen LogP contribution < -0.4 is 10.1 Å². The van der Waals surface area contributed by atoms with Crippen molar-refractivity contribution in [2.45, 2.75) is 26.2 Å².